The Morgan fingerprint density at radius 3 is 2.67 bits per heavy atom. The van der Waals surface area contributed by atoms with Gasteiger partial charge in [-0.1, -0.05) is 24.3 Å². The van der Waals surface area contributed by atoms with Crippen LogP contribution in [0.2, 0.25) is 0 Å². The molecule has 0 aromatic heterocycles. The predicted molar refractivity (Wildman–Crippen MR) is 102 cm³/mol. The van der Waals surface area contributed by atoms with Gasteiger partial charge in [-0.3, -0.25) is 9.59 Å². The summed E-state index contributed by atoms with van der Waals surface area (Å²) in [4.78, 5) is 24.6. The number of anilines is 1. The van der Waals surface area contributed by atoms with Crippen molar-refractivity contribution in [3.8, 4) is 0 Å². The maximum atomic E-state index is 12.9. The van der Waals surface area contributed by atoms with Crippen molar-refractivity contribution < 1.29 is 18.7 Å². The number of para-hydroxylation sites is 1. The van der Waals surface area contributed by atoms with E-state index in [1.165, 1.54) is 18.2 Å². The fourth-order valence-electron chi connectivity index (χ4n) is 2.82. The first kappa shape index (κ1) is 18.8. The van der Waals surface area contributed by atoms with E-state index in [0.29, 0.717) is 23.4 Å². The highest BCUT2D eigenvalue weighted by Crippen LogP contribution is 2.16. The van der Waals surface area contributed by atoms with Crippen LogP contribution in [0.3, 0.4) is 0 Å². The molecule has 5 nitrogen and oxygen atoms in total. The summed E-state index contributed by atoms with van der Waals surface area (Å²) in [6, 6.07) is 12.6. The van der Waals surface area contributed by atoms with Crippen LogP contribution in [-0.4, -0.2) is 31.1 Å². The maximum Gasteiger partial charge on any atom is 0.253 e. The van der Waals surface area contributed by atoms with Crippen molar-refractivity contribution in [2.45, 2.75) is 18.9 Å². The number of benzene rings is 2. The van der Waals surface area contributed by atoms with Crippen LogP contribution in [-0.2, 0) is 9.53 Å². The number of nitrogens with one attached hydrogen (secondary N) is 2. The zero-order valence-corrected chi connectivity index (χ0v) is 14.8. The normalized spacial score (nSPS) is 16.4. The highest BCUT2D eigenvalue weighted by molar-refractivity contribution is 6.07. The van der Waals surface area contributed by atoms with E-state index in [1.54, 1.807) is 42.5 Å². The van der Waals surface area contributed by atoms with Crippen LogP contribution < -0.4 is 10.6 Å². The molecule has 1 saturated heterocycles. The smallest absolute Gasteiger partial charge is 0.253 e. The molecule has 0 unspecified atom stereocenters. The number of carbonyl (C=O) groups excluding carboxylic acids is 2. The molecule has 0 aliphatic carbocycles. The third-order valence-corrected chi connectivity index (χ3v) is 4.24. The Hall–Kier alpha value is -2.99. The molecule has 2 N–H and O–H groups in total. The Bertz CT molecular complexity index is 828. The van der Waals surface area contributed by atoms with Crippen LogP contribution in [0.4, 0.5) is 10.1 Å². The minimum Gasteiger partial charge on any atom is -0.376 e. The standard InChI is InChI=1S/C21H21FN2O3/c22-16-10-7-15(8-11-16)9-12-20(25)24-19-6-2-1-5-18(19)21(26)23-14-17-4-3-13-27-17/h1-2,5-12,17H,3-4,13-14H2,(H,23,26)(H,24,25)/b12-9+/t17-/m1/s1. The van der Waals surface area contributed by atoms with Crippen molar-refractivity contribution in [3.63, 3.8) is 0 Å². The molecule has 140 valence electrons. The van der Waals surface area contributed by atoms with Crippen molar-refractivity contribution >= 4 is 23.6 Å². The molecule has 0 radical (unpaired) electrons. The molecule has 1 heterocycles. The van der Waals surface area contributed by atoms with Gasteiger partial charge < -0.3 is 15.4 Å². The third-order valence-electron chi connectivity index (χ3n) is 4.24. The fourth-order valence-corrected chi connectivity index (χ4v) is 2.82. The zero-order valence-electron chi connectivity index (χ0n) is 14.8. The summed E-state index contributed by atoms with van der Waals surface area (Å²) >= 11 is 0. The number of ether oxygens (including phenoxy) is 1. The van der Waals surface area contributed by atoms with Gasteiger partial charge >= 0.3 is 0 Å². The van der Waals surface area contributed by atoms with E-state index in [9.17, 15) is 14.0 Å². The highest BCUT2D eigenvalue weighted by Gasteiger charge is 2.18. The van der Waals surface area contributed by atoms with E-state index in [2.05, 4.69) is 10.6 Å². The number of rotatable bonds is 6. The molecule has 2 aromatic carbocycles. The van der Waals surface area contributed by atoms with Gasteiger partial charge in [-0.2, -0.15) is 0 Å². The van der Waals surface area contributed by atoms with Crippen molar-refractivity contribution in [2.75, 3.05) is 18.5 Å². The van der Waals surface area contributed by atoms with Gasteiger partial charge in [-0.25, -0.2) is 4.39 Å². The predicted octanol–water partition coefficient (Wildman–Crippen LogP) is 3.39. The summed E-state index contributed by atoms with van der Waals surface area (Å²) in [5.74, 6) is -0.970. The molecule has 0 saturated carbocycles. The topological polar surface area (TPSA) is 67.4 Å². The van der Waals surface area contributed by atoms with E-state index in [1.807, 2.05) is 0 Å². The number of hydrogen-bond donors (Lipinski definition) is 2. The van der Waals surface area contributed by atoms with E-state index < -0.39 is 0 Å². The molecule has 1 aliphatic rings. The average Bonchev–Trinajstić information content (AvgIpc) is 3.20. The summed E-state index contributed by atoms with van der Waals surface area (Å²) in [7, 11) is 0. The highest BCUT2D eigenvalue weighted by atomic mass is 19.1. The molecule has 2 amide bonds. The van der Waals surface area contributed by atoms with Crippen molar-refractivity contribution in [1.29, 1.82) is 0 Å². The van der Waals surface area contributed by atoms with Gasteiger partial charge in [-0.15, -0.1) is 0 Å². The van der Waals surface area contributed by atoms with Gasteiger partial charge in [0.25, 0.3) is 5.91 Å². The number of hydrogen-bond acceptors (Lipinski definition) is 3. The summed E-state index contributed by atoms with van der Waals surface area (Å²) in [6.45, 7) is 1.18. The van der Waals surface area contributed by atoms with Crippen molar-refractivity contribution in [3.05, 3.63) is 71.6 Å². The van der Waals surface area contributed by atoms with E-state index >= 15 is 0 Å². The first-order chi connectivity index (χ1) is 13.1. The second-order valence-corrected chi connectivity index (χ2v) is 6.26. The summed E-state index contributed by atoms with van der Waals surface area (Å²) in [5, 5.41) is 5.56. The van der Waals surface area contributed by atoms with E-state index in [0.717, 1.165) is 19.4 Å². The van der Waals surface area contributed by atoms with Crippen molar-refractivity contribution in [1.82, 2.24) is 5.32 Å². The summed E-state index contributed by atoms with van der Waals surface area (Å²) in [6.07, 6.45) is 4.91. The Morgan fingerprint density at radius 1 is 1.15 bits per heavy atom. The first-order valence-electron chi connectivity index (χ1n) is 8.85. The van der Waals surface area contributed by atoms with Crippen LogP contribution in [0.15, 0.2) is 54.6 Å². The molecule has 3 rings (SSSR count). The van der Waals surface area contributed by atoms with Crippen LogP contribution in [0.25, 0.3) is 6.08 Å². The lowest BCUT2D eigenvalue weighted by Crippen LogP contribution is -2.32. The Kier molecular flexibility index (Phi) is 6.33. The fraction of sp³-hybridized carbons (Fsp3) is 0.238. The molecule has 0 spiro atoms. The van der Waals surface area contributed by atoms with Gasteiger partial charge in [0.15, 0.2) is 0 Å². The SMILES string of the molecule is O=C(/C=C/c1ccc(F)cc1)Nc1ccccc1C(=O)NC[C@H]1CCCO1. The molecule has 6 heteroatoms. The Labute approximate surface area is 157 Å². The Morgan fingerprint density at radius 2 is 1.93 bits per heavy atom. The molecule has 2 aromatic rings. The van der Waals surface area contributed by atoms with E-state index in [4.69, 9.17) is 4.74 Å². The molecule has 27 heavy (non-hydrogen) atoms. The van der Waals surface area contributed by atoms with Gasteiger partial charge in [0.1, 0.15) is 5.82 Å². The van der Waals surface area contributed by atoms with Gasteiger partial charge in [0.05, 0.1) is 17.4 Å². The van der Waals surface area contributed by atoms with Crippen LogP contribution >= 0.6 is 0 Å². The third kappa shape index (κ3) is 5.49. The van der Waals surface area contributed by atoms with Crippen LogP contribution in [0, 0.1) is 5.82 Å². The van der Waals surface area contributed by atoms with Crippen LogP contribution in [0.1, 0.15) is 28.8 Å². The molecule has 0 bridgehead atoms. The summed E-state index contributed by atoms with van der Waals surface area (Å²) in [5.41, 5.74) is 1.52. The average molecular weight is 368 g/mol. The largest absolute Gasteiger partial charge is 0.376 e. The lowest BCUT2D eigenvalue weighted by atomic mass is 10.1. The number of halogens is 1. The maximum absolute atomic E-state index is 12.9. The first-order valence-corrected chi connectivity index (χ1v) is 8.85. The minimum atomic E-state index is -0.376. The lowest BCUT2D eigenvalue weighted by Gasteiger charge is -2.13. The molecular weight excluding hydrogens is 347 g/mol. The Balaban J connectivity index is 1.61. The van der Waals surface area contributed by atoms with Crippen molar-refractivity contribution in [2.24, 2.45) is 0 Å². The molecule has 1 fully saturated rings. The van der Waals surface area contributed by atoms with Gasteiger partial charge in [0.2, 0.25) is 5.91 Å². The second kappa shape index (κ2) is 9.09. The zero-order chi connectivity index (χ0) is 19.1. The lowest BCUT2D eigenvalue weighted by molar-refractivity contribution is -0.111. The second-order valence-electron chi connectivity index (χ2n) is 6.26. The van der Waals surface area contributed by atoms with Gasteiger partial charge in [0, 0.05) is 19.2 Å². The van der Waals surface area contributed by atoms with E-state index in [-0.39, 0.29) is 23.7 Å². The number of amides is 2. The monoisotopic (exact) mass is 368 g/mol. The van der Waals surface area contributed by atoms with Gasteiger partial charge in [-0.05, 0) is 48.7 Å². The van der Waals surface area contributed by atoms with Crippen LogP contribution in [0.5, 0.6) is 0 Å². The summed E-state index contributed by atoms with van der Waals surface area (Å²) < 4.78 is 18.4. The molecule has 1 aliphatic heterocycles. The molecular formula is C21H21FN2O3. The molecule has 1 atom stereocenters. The minimum absolute atomic E-state index is 0.0503. The quantitative estimate of drug-likeness (QED) is 0.768. The number of carbonyl (C=O) groups is 2.